The van der Waals surface area contributed by atoms with Crippen LogP contribution < -0.4 is 5.11 Å². The fourth-order valence-corrected chi connectivity index (χ4v) is 3.29. The SMILES string of the molecule is O=C([O-])c1sc(/C=C/c2ccc(Cl)c([N+](=O)[O-])c2)nc1-c1ccccc1. The van der Waals surface area contributed by atoms with Crippen molar-refractivity contribution in [3.8, 4) is 11.3 Å². The fraction of sp³-hybridized carbons (Fsp3) is 0. The van der Waals surface area contributed by atoms with Gasteiger partial charge in [-0.1, -0.05) is 54.1 Å². The predicted molar refractivity (Wildman–Crippen MR) is 98.9 cm³/mol. The third kappa shape index (κ3) is 3.79. The summed E-state index contributed by atoms with van der Waals surface area (Å²) in [6.45, 7) is 0. The average molecular weight is 386 g/mol. The van der Waals surface area contributed by atoms with Gasteiger partial charge in [0.15, 0.2) is 0 Å². The molecule has 0 aliphatic carbocycles. The van der Waals surface area contributed by atoms with Crippen molar-refractivity contribution in [2.75, 3.05) is 0 Å². The zero-order valence-corrected chi connectivity index (χ0v) is 14.7. The summed E-state index contributed by atoms with van der Waals surface area (Å²) in [5.41, 5.74) is 1.35. The summed E-state index contributed by atoms with van der Waals surface area (Å²) in [6, 6.07) is 13.3. The Kier molecular flexibility index (Phi) is 5.11. The first-order chi connectivity index (χ1) is 12.5. The monoisotopic (exact) mass is 385 g/mol. The van der Waals surface area contributed by atoms with E-state index in [-0.39, 0.29) is 15.6 Å². The molecule has 0 fully saturated rings. The van der Waals surface area contributed by atoms with Crippen molar-refractivity contribution < 1.29 is 14.8 Å². The van der Waals surface area contributed by atoms with E-state index in [0.29, 0.717) is 21.8 Å². The number of aromatic nitrogens is 1. The Labute approximate surface area is 157 Å². The lowest BCUT2D eigenvalue weighted by Crippen LogP contribution is -2.21. The minimum Gasteiger partial charge on any atom is -0.544 e. The lowest BCUT2D eigenvalue weighted by Gasteiger charge is -2.01. The van der Waals surface area contributed by atoms with Crippen LogP contribution in [0.1, 0.15) is 20.2 Å². The molecule has 0 saturated heterocycles. The van der Waals surface area contributed by atoms with Gasteiger partial charge < -0.3 is 9.90 Å². The van der Waals surface area contributed by atoms with Gasteiger partial charge >= 0.3 is 0 Å². The van der Waals surface area contributed by atoms with Gasteiger partial charge in [0.2, 0.25) is 0 Å². The number of nitro benzene ring substituents is 1. The largest absolute Gasteiger partial charge is 0.544 e. The summed E-state index contributed by atoms with van der Waals surface area (Å²) in [6.07, 6.45) is 3.20. The Hall–Kier alpha value is -3.03. The van der Waals surface area contributed by atoms with Gasteiger partial charge in [0.05, 0.1) is 21.5 Å². The molecule has 0 saturated carbocycles. The first kappa shape index (κ1) is 17.8. The molecule has 0 bridgehead atoms. The molecular formula is C18H10ClN2O4S-. The molecule has 0 unspecified atom stereocenters. The molecule has 0 spiro atoms. The quantitative estimate of drug-likeness (QED) is 0.490. The highest BCUT2D eigenvalue weighted by atomic mass is 35.5. The lowest BCUT2D eigenvalue weighted by atomic mass is 10.1. The maximum atomic E-state index is 11.4. The van der Waals surface area contributed by atoms with Gasteiger partial charge in [0, 0.05) is 11.6 Å². The second-order valence-corrected chi connectivity index (χ2v) is 6.62. The molecule has 2 aromatic carbocycles. The lowest BCUT2D eigenvalue weighted by molar-refractivity contribution is -0.384. The number of carboxylic acid groups (broad SMARTS) is 1. The molecule has 3 rings (SSSR count). The maximum absolute atomic E-state index is 11.4. The fourth-order valence-electron chi connectivity index (χ4n) is 2.28. The number of hydrogen-bond acceptors (Lipinski definition) is 6. The van der Waals surface area contributed by atoms with Crippen LogP contribution in [0.5, 0.6) is 0 Å². The standard InChI is InChI=1S/C18H11ClN2O4S/c19-13-8-6-11(10-14(13)21(24)25)7-9-15-20-16(17(26-15)18(22)23)12-4-2-1-3-5-12/h1-10H,(H,22,23)/p-1/b9-7+. The third-order valence-corrected chi connectivity index (χ3v) is 4.78. The zero-order chi connectivity index (χ0) is 18.7. The van der Waals surface area contributed by atoms with Crippen molar-refractivity contribution >= 4 is 46.7 Å². The normalized spacial score (nSPS) is 11.0. The molecule has 1 heterocycles. The van der Waals surface area contributed by atoms with Crippen LogP contribution in [-0.4, -0.2) is 15.9 Å². The van der Waals surface area contributed by atoms with Crippen LogP contribution in [-0.2, 0) is 0 Å². The number of thiazole rings is 1. The third-order valence-electron chi connectivity index (χ3n) is 3.46. The average Bonchev–Trinajstić information content (AvgIpc) is 3.06. The molecule has 0 N–H and O–H groups in total. The molecular weight excluding hydrogens is 376 g/mol. The van der Waals surface area contributed by atoms with Gasteiger partial charge in [-0.2, -0.15) is 0 Å². The van der Waals surface area contributed by atoms with E-state index < -0.39 is 10.9 Å². The number of halogens is 1. The van der Waals surface area contributed by atoms with Crippen molar-refractivity contribution in [1.82, 2.24) is 4.98 Å². The highest BCUT2D eigenvalue weighted by Crippen LogP contribution is 2.30. The van der Waals surface area contributed by atoms with Gasteiger partial charge in [0.1, 0.15) is 10.0 Å². The molecule has 8 heteroatoms. The predicted octanol–water partition coefficient (Wildman–Crippen LogP) is 3.91. The molecule has 130 valence electrons. The van der Waals surface area contributed by atoms with Gasteiger partial charge in [-0.15, -0.1) is 11.3 Å². The van der Waals surface area contributed by atoms with E-state index >= 15 is 0 Å². The molecule has 26 heavy (non-hydrogen) atoms. The van der Waals surface area contributed by atoms with Crippen molar-refractivity contribution in [3.05, 3.63) is 79.1 Å². The number of carbonyl (C=O) groups excluding carboxylic acids is 1. The zero-order valence-electron chi connectivity index (χ0n) is 13.1. The van der Waals surface area contributed by atoms with Crippen LogP contribution in [0.15, 0.2) is 48.5 Å². The molecule has 0 aliphatic rings. The molecule has 1 aromatic heterocycles. The Morgan fingerprint density at radius 1 is 1.15 bits per heavy atom. The van der Waals surface area contributed by atoms with E-state index in [4.69, 9.17) is 11.6 Å². The minimum absolute atomic E-state index is 0.0259. The smallest absolute Gasteiger partial charge is 0.288 e. The molecule has 6 nitrogen and oxygen atoms in total. The first-order valence-corrected chi connectivity index (χ1v) is 8.55. The van der Waals surface area contributed by atoms with Crippen LogP contribution in [0.4, 0.5) is 5.69 Å². The van der Waals surface area contributed by atoms with E-state index in [9.17, 15) is 20.0 Å². The number of hydrogen-bond donors (Lipinski definition) is 0. The highest BCUT2D eigenvalue weighted by Gasteiger charge is 2.14. The number of rotatable bonds is 5. The molecule has 0 radical (unpaired) electrons. The number of carbonyl (C=O) groups is 1. The highest BCUT2D eigenvalue weighted by molar-refractivity contribution is 7.14. The summed E-state index contributed by atoms with van der Waals surface area (Å²) in [5.74, 6) is -1.30. The van der Waals surface area contributed by atoms with E-state index in [1.54, 1.807) is 42.5 Å². The maximum Gasteiger partial charge on any atom is 0.288 e. The van der Waals surface area contributed by atoms with Crippen LogP contribution in [0.3, 0.4) is 0 Å². The number of carboxylic acids is 1. The van der Waals surface area contributed by atoms with Crippen molar-refractivity contribution in [1.29, 1.82) is 0 Å². The second kappa shape index (κ2) is 7.47. The minimum atomic E-state index is -1.30. The molecule has 0 aliphatic heterocycles. The Bertz CT molecular complexity index is 1020. The van der Waals surface area contributed by atoms with Gasteiger partial charge in [-0.3, -0.25) is 10.1 Å². The van der Waals surface area contributed by atoms with Crippen molar-refractivity contribution in [2.45, 2.75) is 0 Å². The van der Waals surface area contributed by atoms with E-state index in [2.05, 4.69) is 4.98 Å². The van der Waals surface area contributed by atoms with Gasteiger partial charge in [0.25, 0.3) is 5.69 Å². The molecule has 0 atom stereocenters. The Morgan fingerprint density at radius 3 is 2.54 bits per heavy atom. The van der Waals surface area contributed by atoms with Crippen LogP contribution >= 0.6 is 22.9 Å². The van der Waals surface area contributed by atoms with Crippen LogP contribution in [0, 0.1) is 10.1 Å². The number of nitrogens with zero attached hydrogens (tertiary/aromatic N) is 2. The second-order valence-electron chi connectivity index (χ2n) is 5.18. The number of nitro groups is 1. The van der Waals surface area contributed by atoms with E-state index in [1.165, 1.54) is 12.1 Å². The number of aromatic carboxylic acids is 1. The van der Waals surface area contributed by atoms with Gasteiger partial charge in [-0.25, -0.2) is 4.98 Å². The van der Waals surface area contributed by atoms with Crippen LogP contribution in [0.25, 0.3) is 23.4 Å². The van der Waals surface area contributed by atoms with Gasteiger partial charge in [-0.05, 0) is 17.7 Å². The number of benzene rings is 2. The summed E-state index contributed by atoms with van der Waals surface area (Å²) < 4.78 is 0. The summed E-state index contributed by atoms with van der Waals surface area (Å²) in [5, 5.41) is 22.8. The van der Waals surface area contributed by atoms with Crippen molar-refractivity contribution in [3.63, 3.8) is 0 Å². The summed E-state index contributed by atoms with van der Waals surface area (Å²) in [4.78, 5) is 26.1. The molecule has 3 aromatic rings. The summed E-state index contributed by atoms with van der Waals surface area (Å²) >= 11 is 6.76. The topological polar surface area (TPSA) is 96.2 Å². The van der Waals surface area contributed by atoms with E-state index in [0.717, 1.165) is 11.3 Å². The molecule has 0 amide bonds. The Balaban J connectivity index is 1.96. The van der Waals surface area contributed by atoms with Crippen molar-refractivity contribution in [2.24, 2.45) is 0 Å². The summed E-state index contributed by atoms with van der Waals surface area (Å²) in [7, 11) is 0. The first-order valence-electron chi connectivity index (χ1n) is 7.35. The Morgan fingerprint density at radius 2 is 1.88 bits per heavy atom. The van der Waals surface area contributed by atoms with E-state index in [1.807, 2.05) is 6.07 Å². The van der Waals surface area contributed by atoms with Crippen LogP contribution in [0.2, 0.25) is 5.02 Å².